The van der Waals surface area contributed by atoms with E-state index in [1.54, 1.807) is 12.1 Å². The van der Waals surface area contributed by atoms with E-state index in [1.165, 1.54) is 23.9 Å². The first kappa shape index (κ1) is 19.2. The van der Waals surface area contributed by atoms with Crippen LogP contribution in [0.25, 0.3) is 11.4 Å². The van der Waals surface area contributed by atoms with Crippen LogP contribution < -0.4 is 0 Å². The Bertz CT molecular complexity index is 948. The Morgan fingerprint density at radius 2 is 1.89 bits per heavy atom. The van der Waals surface area contributed by atoms with E-state index in [2.05, 4.69) is 16.8 Å². The Labute approximate surface area is 159 Å². The molecule has 0 amide bonds. The number of hydrogen-bond donors (Lipinski definition) is 0. The Morgan fingerprint density at radius 1 is 1.11 bits per heavy atom. The summed E-state index contributed by atoms with van der Waals surface area (Å²) < 4.78 is 41.4. The normalized spacial score (nSPS) is 11.6. The Morgan fingerprint density at radius 3 is 2.59 bits per heavy atom. The van der Waals surface area contributed by atoms with Crippen LogP contribution in [0.4, 0.5) is 13.2 Å². The number of aryl methyl sites for hydroxylation is 1. The van der Waals surface area contributed by atoms with Gasteiger partial charge in [-0.1, -0.05) is 59.8 Å². The van der Waals surface area contributed by atoms with Crippen molar-refractivity contribution in [2.24, 2.45) is 0 Å². The molecule has 0 aliphatic heterocycles. The molecule has 0 fully saturated rings. The van der Waals surface area contributed by atoms with E-state index < -0.39 is 11.7 Å². The standard InChI is InChI=1S/C20H18F3N3S/c1-3-11-26-18(15-9-6-7-14(2)12-15)24-25-19(26)27-13-16-8-4-5-10-17(16)20(21,22)23/h3-10,12H,1,11,13H2,2H3. The third-order valence-corrected chi connectivity index (χ3v) is 5.00. The highest BCUT2D eigenvalue weighted by Gasteiger charge is 2.32. The van der Waals surface area contributed by atoms with Gasteiger partial charge in [-0.3, -0.25) is 4.57 Å². The maximum absolute atomic E-state index is 13.2. The largest absolute Gasteiger partial charge is 0.416 e. The van der Waals surface area contributed by atoms with Gasteiger partial charge in [0, 0.05) is 17.9 Å². The zero-order valence-corrected chi connectivity index (χ0v) is 15.5. The number of nitrogens with zero attached hydrogens (tertiary/aromatic N) is 3. The number of hydrogen-bond acceptors (Lipinski definition) is 3. The van der Waals surface area contributed by atoms with E-state index in [0.717, 1.165) is 17.2 Å². The van der Waals surface area contributed by atoms with Crippen LogP contribution in [0, 0.1) is 6.92 Å². The van der Waals surface area contributed by atoms with Gasteiger partial charge in [0.15, 0.2) is 11.0 Å². The van der Waals surface area contributed by atoms with Gasteiger partial charge in [0.25, 0.3) is 0 Å². The highest BCUT2D eigenvalue weighted by atomic mass is 32.2. The molecule has 0 aliphatic rings. The van der Waals surface area contributed by atoms with Gasteiger partial charge in [-0.25, -0.2) is 0 Å². The number of benzene rings is 2. The van der Waals surface area contributed by atoms with Crippen molar-refractivity contribution < 1.29 is 13.2 Å². The maximum Gasteiger partial charge on any atom is 0.416 e. The van der Waals surface area contributed by atoms with Crippen LogP contribution in [0.3, 0.4) is 0 Å². The molecule has 0 N–H and O–H groups in total. The molecule has 1 heterocycles. The number of allylic oxidation sites excluding steroid dienone is 1. The van der Waals surface area contributed by atoms with Gasteiger partial charge < -0.3 is 0 Å². The quantitative estimate of drug-likeness (QED) is 0.397. The minimum absolute atomic E-state index is 0.152. The van der Waals surface area contributed by atoms with Crippen molar-refractivity contribution >= 4 is 11.8 Å². The summed E-state index contributed by atoms with van der Waals surface area (Å²) >= 11 is 1.23. The predicted octanol–water partition coefficient (Wildman–Crippen LogP) is 5.75. The SMILES string of the molecule is C=CCn1c(SCc2ccccc2C(F)(F)F)nnc1-c1cccc(C)c1. The van der Waals surface area contributed by atoms with Gasteiger partial charge in [0.05, 0.1) is 5.56 Å². The average Bonchev–Trinajstić information content (AvgIpc) is 3.02. The number of halogens is 3. The first-order chi connectivity index (χ1) is 12.9. The molecule has 2 aromatic carbocycles. The molecule has 0 saturated heterocycles. The Kier molecular flexibility index (Phi) is 5.70. The van der Waals surface area contributed by atoms with Gasteiger partial charge in [-0.2, -0.15) is 13.2 Å². The second kappa shape index (κ2) is 8.00. The summed E-state index contributed by atoms with van der Waals surface area (Å²) in [6.07, 6.45) is -2.66. The summed E-state index contributed by atoms with van der Waals surface area (Å²) in [6, 6.07) is 13.4. The highest BCUT2D eigenvalue weighted by Crippen LogP contribution is 2.35. The van der Waals surface area contributed by atoms with Crippen molar-refractivity contribution in [1.29, 1.82) is 0 Å². The predicted molar refractivity (Wildman–Crippen MR) is 101 cm³/mol. The molecular weight excluding hydrogens is 371 g/mol. The minimum atomic E-state index is -4.38. The number of rotatable bonds is 6. The van der Waals surface area contributed by atoms with E-state index >= 15 is 0 Å². The molecule has 0 unspecified atom stereocenters. The molecule has 3 nitrogen and oxygen atoms in total. The van der Waals surface area contributed by atoms with E-state index in [-0.39, 0.29) is 11.3 Å². The second-order valence-corrected chi connectivity index (χ2v) is 6.96. The van der Waals surface area contributed by atoms with Crippen molar-refractivity contribution in [3.05, 3.63) is 77.9 Å². The van der Waals surface area contributed by atoms with Crippen molar-refractivity contribution in [2.45, 2.75) is 30.6 Å². The molecule has 0 saturated carbocycles. The maximum atomic E-state index is 13.2. The van der Waals surface area contributed by atoms with Crippen LogP contribution in [0.15, 0.2) is 66.3 Å². The summed E-state index contributed by atoms with van der Waals surface area (Å²) in [7, 11) is 0. The molecule has 0 bridgehead atoms. The Balaban J connectivity index is 1.90. The Hall–Kier alpha value is -2.54. The number of alkyl halides is 3. The highest BCUT2D eigenvalue weighted by molar-refractivity contribution is 7.98. The fraction of sp³-hybridized carbons (Fsp3) is 0.200. The lowest BCUT2D eigenvalue weighted by Crippen LogP contribution is -2.08. The third kappa shape index (κ3) is 4.42. The summed E-state index contributed by atoms with van der Waals surface area (Å²) in [5.41, 5.74) is 1.60. The van der Waals surface area contributed by atoms with Gasteiger partial charge in [-0.05, 0) is 24.6 Å². The van der Waals surface area contributed by atoms with Crippen LogP contribution in [0.5, 0.6) is 0 Å². The van der Waals surface area contributed by atoms with Crippen molar-refractivity contribution in [3.63, 3.8) is 0 Å². The van der Waals surface area contributed by atoms with E-state index in [1.807, 2.05) is 35.8 Å². The fourth-order valence-electron chi connectivity index (χ4n) is 2.75. The molecule has 3 rings (SSSR count). The smallest absolute Gasteiger partial charge is 0.298 e. The van der Waals surface area contributed by atoms with Crippen LogP contribution in [-0.2, 0) is 18.5 Å². The second-order valence-electron chi connectivity index (χ2n) is 6.02. The molecule has 1 aromatic heterocycles. The molecule has 0 radical (unpaired) electrons. The summed E-state index contributed by atoms with van der Waals surface area (Å²) in [5, 5.41) is 9.01. The summed E-state index contributed by atoms with van der Waals surface area (Å²) in [4.78, 5) is 0. The monoisotopic (exact) mass is 389 g/mol. The molecule has 0 spiro atoms. The summed E-state index contributed by atoms with van der Waals surface area (Å²) in [5.74, 6) is 0.823. The number of aromatic nitrogens is 3. The third-order valence-electron chi connectivity index (χ3n) is 3.98. The van der Waals surface area contributed by atoms with E-state index in [9.17, 15) is 13.2 Å². The number of thioether (sulfide) groups is 1. The van der Waals surface area contributed by atoms with Crippen LogP contribution in [0.1, 0.15) is 16.7 Å². The average molecular weight is 389 g/mol. The van der Waals surface area contributed by atoms with Crippen LogP contribution in [0.2, 0.25) is 0 Å². The van der Waals surface area contributed by atoms with Crippen LogP contribution in [-0.4, -0.2) is 14.8 Å². The van der Waals surface area contributed by atoms with E-state index in [4.69, 9.17) is 0 Å². The molecule has 7 heteroatoms. The zero-order valence-electron chi connectivity index (χ0n) is 14.7. The lowest BCUT2D eigenvalue weighted by atomic mass is 10.1. The lowest BCUT2D eigenvalue weighted by Gasteiger charge is -2.12. The minimum Gasteiger partial charge on any atom is -0.298 e. The zero-order chi connectivity index (χ0) is 19.4. The summed E-state index contributed by atoms with van der Waals surface area (Å²) in [6.45, 7) is 6.22. The first-order valence-corrected chi connectivity index (χ1v) is 9.27. The van der Waals surface area contributed by atoms with Crippen molar-refractivity contribution in [2.75, 3.05) is 0 Å². The molecular formula is C20H18F3N3S. The van der Waals surface area contributed by atoms with Crippen molar-refractivity contribution in [1.82, 2.24) is 14.8 Å². The first-order valence-electron chi connectivity index (χ1n) is 8.29. The van der Waals surface area contributed by atoms with Gasteiger partial charge >= 0.3 is 6.18 Å². The van der Waals surface area contributed by atoms with E-state index in [0.29, 0.717) is 17.5 Å². The molecule has 0 atom stereocenters. The van der Waals surface area contributed by atoms with Crippen molar-refractivity contribution in [3.8, 4) is 11.4 Å². The fourth-order valence-corrected chi connectivity index (χ4v) is 3.70. The molecule has 27 heavy (non-hydrogen) atoms. The van der Waals surface area contributed by atoms with Crippen LogP contribution >= 0.6 is 11.8 Å². The lowest BCUT2D eigenvalue weighted by molar-refractivity contribution is -0.138. The molecule has 140 valence electrons. The van der Waals surface area contributed by atoms with Gasteiger partial charge in [-0.15, -0.1) is 16.8 Å². The molecule has 3 aromatic rings. The van der Waals surface area contributed by atoms with Gasteiger partial charge in [0.1, 0.15) is 0 Å². The topological polar surface area (TPSA) is 30.7 Å². The van der Waals surface area contributed by atoms with Gasteiger partial charge in [0.2, 0.25) is 0 Å². The molecule has 0 aliphatic carbocycles.